The molecule has 0 spiro atoms. The molecule has 1 aromatic carbocycles. The molecule has 0 atom stereocenters. The molecule has 2 rings (SSSR count). The molecule has 1 saturated heterocycles. The summed E-state index contributed by atoms with van der Waals surface area (Å²) in [6.07, 6.45) is 7.90. The number of rotatable bonds is 5. The number of terminal acetylenes is 1. The molecule has 1 aliphatic rings. The van der Waals surface area contributed by atoms with Gasteiger partial charge in [0.1, 0.15) is 0 Å². The van der Waals surface area contributed by atoms with Crippen LogP contribution in [-0.4, -0.2) is 37.5 Å². The molecule has 4 heteroatoms. The molecule has 0 amide bonds. The second kappa shape index (κ2) is 8.33. The quantitative estimate of drug-likeness (QED) is 0.490. The first kappa shape index (κ1) is 15.4. The van der Waals surface area contributed by atoms with Gasteiger partial charge < -0.3 is 10.6 Å². The third kappa shape index (κ3) is 5.13. The van der Waals surface area contributed by atoms with E-state index in [2.05, 4.69) is 50.7 Å². The molecule has 0 unspecified atom stereocenters. The van der Waals surface area contributed by atoms with Crippen molar-refractivity contribution in [2.24, 2.45) is 4.99 Å². The van der Waals surface area contributed by atoms with Crippen LogP contribution in [0.3, 0.4) is 0 Å². The first-order valence-electron chi connectivity index (χ1n) is 7.50. The molecule has 1 fully saturated rings. The average Bonchev–Trinajstić information content (AvgIpc) is 3.02. The van der Waals surface area contributed by atoms with Gasteiger partial charge in [0.2, 0.25) is 0 Å². The highest BCUT2D eigenvalue weighted by molar-refractivity contribution is 5.79. The molecule has 1 aromatic rings. The van der Waals surface area contributed by atoms with Crippen LogP contribution in [0.25, 0.3) is 0 Å². The molecule has 4 nitrogen and oxygen atoms in total. The predicted molar refractivity (Wildman–Crippen MR) is 88.0 cm³/mol. The maximum Gasteiger partial charge on any atom is 0.192 e. The van der Waals surface area contributed by atoms with Crippen molar-refractivity contribution in [3.05, 3.63) is 35.4 Å². The number of nitrogens with one attached hydrogen (secondary N) is 2. The van der Waals surface area contributed by atoms with Crippen molar-refractivity contribution in [2.45, 2.75) is 25.9 Å². The van der Waals surface area contributed by atoms with Gasteiger partial charge in [0.05, 0.1) is 6.54 Å². The van der Waals surface area contributed by atoms with Gasteiger partial charge in [-0.05, 0) is 37.1 Å². The summed E-state index contributed by atoms with van der Waals surface area (Å²) in [4.78, 5) is 6.63. The van der Waals surface area contributed by atoms with Crippen LogP contribution >= 0.6 is 0 Å². The van der Waals surface area contributed by atoms with E-state index in [1.54, 1.807) is 7.05 Å². The number of nitrogens with zero attached hydrogens (tertiary/aromatic N) is 2. The van der Waals surface area contributed by atoms with Crippen LogP contribution in [0.1, 0.15) is 24.0 Å². The molecule has 21 heavy (non-hydrogen) atoms. The Labute approximate surface area is 127 Å². The lowest BCUT2D eigenvalue weighted by Crippen LogP contribution is -2.36. The average molecular weight is 284 g/mol. The zero-order chi connectivity index (χ0) is 14.9. The second-order valence-electron chi connectivity index (χ2n) is 5.28. The third-order valence-electron chi connectivity index (χ3n) is 3.67. The molecule has 0 saturated carbocycles. The van der Waals surface area contributed by atoms with Gasteiger partial charge in [-0.15, -0.1) is 6.42 Å². The van der Waals surface area contributed by atoms with E-state index >= 15 is 0 Å². The van der Waals surface area contributed by atoms with Gasteiger partial charge in [0.15, 0.2) is 5.96 Å². The molecule has 0 aromatic heterocycles. The fourth-order valence-corrected chi connectivity index (χ4v) is 2.50. The number of benzene rings is 1. The topological polar surface area (TPSA) is 39.7 Å². The first-order chi connectivity index (χ1) is 10.3. The Bertz CT molecular complexity index is 493. The first-order valence-corrected chi connectivity index (χ1v) is 7.50. The van der Waals surface area contributed by atoms with Gasteiger partial charge in [-0.25, -0.2) is 0 Å². The van der Waals surface area contributed by atoms with Crippen molar-refractivity contribution in [1.29, 1.82) is 0 Å². The van der Waals surface area contributed by atoms with E-state index in [9.17, 15) is 0 Å². The molecule has 0 radical (unpaired) electrons. The summed E-state index contributed by atoms with van der Waals surface area (Å²) in [5.74, 6) is 3.27. The van der Waals surface area contributed by atoms with Crippen molar-refractivity contribution in [3.63, 3.8) is 0 Å². The number of aliphatic imine (C=N–C) groups is 1. The largest absolute Gasteiger partial charge is 0.352 e. The number of guanidine groups is 1. The molecular formula is C17H24N4. The highest BCUT2D eigenvalue weighted by atomic mass is 15.2. The minimum absolute atomic E-state index is 0.481. The normalized spacial score (nSPS) is 15.7. The SMILES string of the molecule is C#CCNC(=NC)NCc1ccc(CN2CCCC2)cc1. The van der Waals surface area contributed by atoms with Gasteiger partial charge in [-0.1, -0.05) is 30.2 Å². The fraction of sp³-hybridized carbons (Fsp3) is 0.471. The fourth-order valence-electron chi connectivity index (χ4n) is 2.50. The maximum absolute atomic E-state index is 5.22. The van der Waals surface area contributed by atoms with Crippen LogP contribution in [0.15, 0.2) is 29.3 Å². The van der Waals surface area contributed by atoms with E-state index in [1.165, 1.54) is 37.1 Å². The molecule has 112 valence electrons. The lowest BCUT2D eigenvalue weighted by molar-refractivity contribution is 0.331. The summed E-state index contributed by atoms with van der Waals surface area (Å²) >= 11 is 0. The van der Waals surface area contributed by atoms with Crippen LogP contribution in [0.4, 0.5) is 0 Å². The predicted octanol–water partition coefficient (Wildman–Crippen LogP) is 1.58. The van der Waals surface area contributed by atoms with Crippen LogP contribution in [0.5, 0.6) is 0 Å². The molecule has 0 aliphatic carbocycles. The van der Waals surface area contributed by atoms with Crippen molar-refractivity contribution in [3.8, 4) is 12.3 Å². The minimum atomic E-state index is 0.481. The zero-order valence-corrected chi connectivity index (χ0v) is 12.7. The summed E-state index contributed by atoms with van der Waals surface area (Å²) in [7, 11) is 1.74. The maximum atomic E-state index is 5.22. The third-order valence-corrected chi connectivity index (χ3v) is 3.67. The number of hydrogen-bond acceptors (Lipinski definition) is 2. The van der Waals surface area contributed by atoms with Gasteiger partial charge >= 0.3 is 0 Å². The molecule has 1 aliphatic heterocycles. The number of likely N-dealkylation sites (tertiary alicyclic amines) is 1. The summed E-state index contributed by atoms with van der Waals surface area (Å²) in [5.41, 5.74) is 2.62. The van der Waals surface area contributed by atoms with E-state index in [-0.39, 0.29) is 0 Å². The van der Waals surface area contributed by atoms with Gasteiger partial charge in [-0.2, -0.15) is 0 Å². The Hall–Kier alpha value is -1.99. The van der Waals surface area contributed by atoms with Crippen LogP contribution in [0, 0.1) is 12.3 Å². The molecular weight excluding hydrogens is 260 g/mol. The second-order valence-corrected chi connectivity index (χ2v) is 5.28. The van der Waals surface area contributed by atoms with E-state index < -0.39 is 0 Å². The highest BCUT2D eigenvalue weighted by Gasteiger charge is 2.11. The number of hydrogen-bond donors (Lipinski definition) is 2. The lowest BCUT2D eigenvalue weighted by atomic mass is 10.1. The van der Waals surface area contributed by atoms with E-state index in [0.29, 0.717) is 6.54 Å². The Morgan fingerprint density at radius 2 is 1.86 bits per heavy atom. The Balaban J connectivity index is 1.80. The smallest absolute Gasteiger partial charge is 0.192 e. The Morgan fingerprint density at radius 3 is 2.48 bits per heavy atom. The molecule has 1 heterocycles. The van der Waals surface area contributed by atoms with Crippen molar-refractivity contribution < 1.29 is 0 Å². The Morgan fingerprint density at radius 1 is 1.19 bits per heavy atom. The summed E-state index contributed by atoms with van der Waals surface area (Å²) < 4.78 is 0. The molecule has 2 N–H and O–H groups in total. The van der Waals surface area contributed by atoms with Gasteiger partial charge in [0.25, 0.3) is 0 Å². The summed E-state index contributed by atoms with van der Waals surface area (Å²) in [6, 6.07) is 8.78. The van der Waals surface area contributed by atoms with Crippen LogP contribution in [0.2, 0.25) is 0 Å². The molecule has 0 bridgehead atoms. The summed E-state index contributed by atoms with van der Waals surface area (Å²) in [5, 5.41) is 6.29. The monoisotopic (exact) mass is 284 g/mol. The van der Waals surface area contributed by atoms with E-state index in [0.717, 1.165) is 19.0 Å². The summed E-state index contributed by atoms with van der Waals surface area (Å²) in [6.45, 7) is 4.77. The van der Waals surface area contributed by atoms with Crippen LogP contribution in [-0.2, 0) is 13.1 Å². The standard InChI is InChI=1S/C17H24N4/c1-3-10-19-17(18-2)20-13-15-6-8-16(9-7-15)14-21-11-4-5-12-21/h1,6-9H,4-5,10-14H2,2H3,(H2,18,19,20). The van der Waals surface area contributed by atoms with Gasteiger partial charge in [-0.3, -0.25) is 9.89 Å². The van der Waals surface area contributed by atoms with Crippen molar-refractivity contribution in [1.82, 2.24) is 15.5 Å². The lowest BCUT2D eigenvalue weighted by Gasteiger charge is -2.15. The Kier molecular flexibility index (Phi) is 6.11. The van der Waals surface area contributed by atoms with Crippen LogP contribution < -0.4 is 10.6 Å². The van der Waals surface area contributed by atoms with E-state index in [4.69, 9.17) is 6.42 Å². The van der Waals surface area contributed by atoms with Gasteiger partial charge in [0, 0.05) is 20.1 Å². The van der Waals surface area contributed by atoms with Crippen molar-refractivity contribution in [2.75, 3.05) is 26.7 Å². The minimum Gasteiger partial charge on any atom is -0.352 e. The highest BCUT2D eigenvalue weighted by Crippen LogP contribution is 2.13. The van der Waals surface area contributed by atoms with E-state index in [1.807, 2.05) is 0 Å². The van der Waals surface area contributed by atoms with Crippen molar-refractivity contribution >= 4 is 5.96 Å². The zero-order valence-electron chi connectivity index (χ0n) is 12.7.